The summed E-state index contributed by atoms with van der Waals surface area (Å²) in [5.74, 6) is -0.580. The molecule has 2 nitrogen and oxygen atoms in total. The first kappa shape index (κ1) is 14.3. The topological polar surface area (TPSA) is 37.3 Å². The summed E-state index contributed by atoms with van der Waals surface area (Å²) in [5.41, 5.74) is 1.17. The van der Waals surface area contributed by atoms with Crippen LogP contribution in [0.1, 0.15) is 37.3 Å². The van der Waals surface area contributed by atoms with Gasteiger partial charge in [0.2, 0.25) is 0 Å². The molecule has 104 valence electrons. The average Bonchev–Trinajstić information content (AvgIpc) is 2.48. The fraction of sp³-hybridized carbons (Fsp3) is 0.278. The number of carboxylic acids is 1. The molecular weight excluding hydrogens is 248 g/mol. The first-order chi connectivity index (χ1) is 9.54. The lowest BCUT2D eigenvalue weighted by Crippen LogP contribution is -2.33. The maximum absolute atomic E-state index is 11.8. The van der Waals surface area contributed by atoms with Gasteiger partial charge in [-0.25, -0.2) is 0 Å². The van der Waals surface area contributed by atoms with E-state index in [0.29, 0.717) is 6.42 Å². The number of rotatable bonds is 5. The van der Waals surface area contributed by atoms with Gasteiger partial charge in [0.25, 0.3) is 0 Å². The second-order valence-corrected chi connectivity index (χ2v) is 5.52. The van der Waals surface area contributed by atoms with E-state index in [4.69, 9.17) is 0 Å². The molecule has 2 rings (SSSR count). The molecule has 2 heteroatoms. The highest BCUT2D eigenvalue weighted by molar-refractivity contribution is 5.81. The molecule has 0 aliphatic rings. The Kier molecular flexibility index (Phi) is 4.23. The Morgan fingerprint density at radius 1 is 1.05 bits per heavy atom. The van der Waals surface area contributed by atoms with Gasteiger partial charge < -0.3 is 5.11 Å². The van der Waals surface area contributed by atoms with Crippen molar-refractivity contribution < 1.29 is 9.90 Å². The molecule has 0 amide bonds. The zero-order chi connectivity index (χ0) is 14.6. The van der Waals surface area contributed by atoms with Crippen molar-refractivity contribution in [3.05, 3.63) is 71.8 Å². The quantitative estimate of drug-likeness (QED) is 0.881. The molecule has 20 heavy (non-hydrogen) atoms. The minimum Gasteiger partial charge on any atom is -0.481 e. The van der Waals surface area contributed by atoms with Crippen LogP contribution in [-0.2, 0) is 10.2 Å². The summed E-state index contributed by atoms with van der Waals surface area (Å²) in [6, 6.07) is 19.6. The summed E-state index contributed by atoms with van der Waals surface area (Å²) in [6.45, 7) is 3.89. The summed E-state index contributed by atoms with van der Waals surface area (Å²) in [6.07, 6.45) is 0.580. The SMILES string of the molecule is C[C@H](C[C@](C)(C(=O)O)c1ccccc1)c1ccccc1. The highest BCUT2D eigenvalue weighted by Crippen LogP contribution is 2.35. The maximum atomic E-state index is 11.8. The molecule has 1 N–H and O–H groups in total. The molecular formula is C18H20O2. The Morgan fingerprint density at radius 3 is 2.05 bits per heavy atom. The standard InChI is InChI=1S/C18H20O2/c1-14(15-9-5-3-6-10-15)13-18(2,17(19)20)16-11-7-4-8-12-16/h3-12,14H,13H2,1-2H3,(H,19,20)/t14-,18+/m1/s1. The van der Waals surface area contributed by atoms with Gasteiger partial charge in [-0.3, -0.25) is 4.79 Å². The molecule has 0 radical (unpaired) electrons. The first-order valence-corrected chi connectivity index (χ1v) is 6.88. The minimum atomic E-state index is -0.865. The van der Waals surface area contributed by atoms with Crippen molar-refractivity contribution in [3.8, 4) is 0 Å². The highest BCUT2D eigenvalue weighted by atomic mass is 16.4. The van der Waals surface area contributed by atoms with Crippen molar-refractivity contribution in [1.29, 1.82) is 0 Å². The van der Waals surface area contributed by atoms with Crippen LogP contribution >= 0.6 is 0 Å². The van der Waals surface area contributed by atoms with E-state index in [0.717, 1.165) is 5.56 Å². The van der Waals surface area contributed by atoms with Gasteiger partial charge in [-0.2, -0.15) is 0 Å². The van der Waals surface area contributed by atoms with Crippen molar-refractivity contribution in [2.75, 3.05) is 0 Å². The molecule has 0 saturated carbocycles. The molecule has 2 aromatic carbocycles. The third-order valence-electron chi connectivity index (χ3n) is 3.97. The van der Waals surface area contributed by atoms with E-state index < -0.39 is 11.4 Å². The van der Waals surface area contributed by atoms with Crippen LogP contribution in [0.3, 0.4) is 0 Å². The maximum Gasteiger partial charge on any atom is 0.313 e. The van der Waals surface area contributed by atoms with Crippen LogP contribution in [0.2, 0.25) is 0 Å². The number of hydrogen-bond donors (Lipinski definition) is 1. The molecule has 0 saturated heterocycles. The van der Waals surface area contributed by atoms with Crippen molar-refractivity contribution in [1.82, 2.24) is 0 Å². The molecule has 0 bridgehead atoms. The lowest BCUT2D eigenvalue weighted by molar-refractivity contribution is -0.143. The largest absolute Gasteiger partial charge is 0.481 e. The van der Waals surface area contributed by atoms with Crippen molar-refractivity contribution in [2.45, 2.75) is 31.6 Å². The van der Waals surface area contributed by atoms with E-state index in [1.807, 2.05) is 55.5 Å². The summed E-state index contributed by atoms with van der Waals surface area (Å²) in [7, 11) is 0. The number of benzene rings is 2. The molecule has 0 aliphatic heterocycles. The molecule has 0 aliphatic carbocycles. The lowest BCUT2D eigenvalue weighted by atomic mass is 9.74. The van der Waals surface area contributed by atoms with E-state index in [1.165, 1.54) is 5.56 Å². The number of hydrogen-bond acceptors (Lipinski definition) is 1. The summed E-state index contributed by atoms with van der Waals surface area (Å²) >= 11 is 0. The van der Waals surface area contributed by atoms with Gasteiger partial charge in [0, 0.05) is 0 Å². The van der Waals surface area contributed by atoms with Gasteiger partial charge in [-0.05, 0) is 30.4 Å². The first-order valence-electron chi connectivity index (χ1n) is 6.88. The zero-order valence-corrected chi connectivity index (χ0v) is 11.9. The molecule has 0 spiro atoms. The highest BCUT2D eigenvalue weighted by Gasteiger charge is 2.36. The van der Waals surface area contributed by atoms with E-state index in [-0.39, 0.29) is 5.92 Å². The van der Waals surface area contributed by atoms with Gasteiger partial charge in [0.15, 0.2) is 0 Å². The van der Waals surface area contributed by atoms with Crippen molar-refractivity contribution in [3.63, 3.8) is 0 Å². The minimum absolute atomic E-state index is 0.192. The summed E-state index contributed by atoms with van der Waals surface area (Å²) in [5, 5.41) is 9.68. The van der Waals surface area contributed by atoms with Crippen molar-refractivity contribution >= 4 is 5.97 Å². The summed E-state index contributed by atoms with van der Waals surface area (Å²) in [4.78, 5) is 11.8. The monoisotopic (exact) mass is 268 g/mol. The Labute approximate surface area is 120 Å². The number of carboxylic acid groups (broad SMARTS) is 1. The summed E-state index contributed by atoms with van der Waals surface area (Å²) < 4.78 is 0. The Hall–Kier alpha value is -2.09. The van der Waals surface area contributed by atoms with E-state index in [1.54, 1.807) is 0 Å². The third-order valence-corrected chi connectivity index (χ3v) is 3.97. The van der Waals surface area contributed by atoms with Gasteiger partial charge in [0.1, 0.15) is 0 Å². The van der Waals surface area contributed by atoms with Crippen LogP contribution in [0.25, 0.3) is 0 Å². The van der Waals surface area contributed by atoms with Crippen molar-refractivity contribution in [2.24, 2.45) is 0 Å². The molecule has 0 fully saturated rings. The van der Waals surface area contributed by atoms with Gasteiger partial charge in [-0.15, -0.1) is 0 Å². The second kappa shape index (κ2) is 5.91. The smallest absolute Gasteiger partial charge is 0.313 e. The van der Waals surface area contributed by atoms with E-state index in [9.17, 15) is 9.90 Å². The molecule has 2 atom stereocenters. The fourth-order valence-electron chi connectivity index (χ4n) is 2.65. The third kappa shape index (κ3) is 2.90. The van der Waals surface area contributed by atoms with Gasteiger partial charge in [-0.1, -0.05) is 67.6 Å². The van der Waals surface area contributed by atoms with Crippen LogP contribution < -0.4 is 0 Å². The number of carbonyl (C=O) groups is 1. The lowest BCUT2D eigenvalue weighted by Gasteiger charge is -2.28. The Bertz CT molecular complexity index is 562. The van der Waals surface area contributed by atoms with Gasteiger partial charge >= 0.3 is 5.97 Å². The molecule has 0 heterocycles. The second-order valence-electron chi connectivity index (χ2n) is 5.52. The Balaban J connectivity index is 2.29. The van der Waals surface area contributed by atoms with Crippen LogP contribution in [0, 0.1) is 0 Å². The van der Waals surface area contributed by atoms with Crippen LogP contribution in [0.4, 0.5) is 0 Å². The number of aliphatic carboxylic acids is 1. The zero-order valence-electron chi connectivity index (χ0n) is 11.9. The van der Waals surface area contributed by atoms with Gasteiger partial charge in [0.05, 0.1) is 5.41 Å². The predicted octanol–water partition coefficient (Wildman–Crippen LogP) is 4.22. The molecule has 0 unspecified atom stereocenters. The predicted molar refractivity (Wildman–Crippen MR) is 80.9 cm³/mol. The van der Waals surface area contributed by atoms with Crippen LogP contribution in [0.15, 0.2) is 60.7 Å². The Morgan fingerprint density at radius 2 is 1.55 bits per heavy atom. The molecule has 0 aromatic heterocycles. The van der Waals surface area contributed by atoms with E-state index >= 15 is 0 Å². The molecule has 2 aromatic rings. The van der Waals surface area contributed by atoms with E-state index in [2.05, 4.69) is 19.1 Å². The van der Waals surface area contributed by atoms with Crippen LogP contribution in [-0.4, -0.2) is 11.1 Å². The van der Waals surface area contributed by atoms with Crippen LogP contribution in [0.5, 0.6) is 0 Å². The normalized spacial score (nSPS) is 15.3. The average molecular weight is 268 g/mol. The fourth-order valence-corrected chi connectivity index (χ4v) is 2.65.